The van der Waals surface area contributed by atoms with Crippen LogP contribution in [-0.2, 0) is 4.74 Å². The largest absolute Gasteiger partial charge is 0.385 e. The summed E-state index contributed by atoms with van der Waals surface area (Å²) in [6, 6.07) is 5.56. The highest BCUT2D eigenvalue weighted by Gasteiger charge is 2.39. The van der Waals surface area contributed by atoms with Crippen LogP contribution in [0.1, 0.15) is 23.7 Å². The lowest BCUT2D eigenvalue weighted by atomic mass is 9.96. The fourth-order valence-electron chi connectivity index (χ4n) is 2.00. The highest BCUT2D eigenvalue weighted by Crippen LogP contribution is 2.25. The van der Waals surface area contributed by atoms with Crippen LogP contribution in [0.3, 0.4) is 0 Å². The Morgan fingerprint density at radius 2 is 2.42 bits per heavy atom. The number of carbonyl (C=O) groups is 1. The summed E-state index contributed by atoms with van der Waals surface area (Å²) < 4.78 is 7.07. The predicted octanol–water partition coefficient (Wildman–Crippen LogP) is 2.32. The van der Waals surface area contributed by atoms with Crippen molar-refractivity contribution in [2.75, 3.05) is 13.2 Å². The molecule has 2 rings (SSSR count). The summed E-state index contributed by atoms with van der Waals surface area (Å²) in [5, 5.41) is 13.1. The topological polar surface area (TPSA) is 58.6 Å². The zero-order chi connectivity index (χ0) is 14.0. The number of amides is 1. The first-order chi connectivity index (χ1) is 8.92. The normalized spacial score (nSPS) is 26.4. The van der Waals surface area contributed by atoms with Gasteiger partial charge in [-0.15, -0.1) is 0 Å². The predicted molar refractivity (Wildman–Crippen MR) is 84.2 cm³/mol. The summed E-state index contributed by atoms with van der Waals surface area (Å²) >= 11 is 5.52. The van der Waals surface area contributed by atoms with Gasteiger partial charge >= 0.3 is 0 Å². The zero-order valence-corrected chi connectivity index (χ0v) is 14.2. The van der Waals surface area contributed by atoms with Crippen molar-refractivity contribution in [3.8, 4) is 0 Å². The third-order valence-electron chi connectivity index (χ3n) is 3.39. The molecule has 2 unspecified atom stereocenters. The molecule has 6 heteroatoms. The minimum Gasteiger partial charge on any atom is -0.385 e. The summed E-state index contributed by atoms with van der Waals surface area (Å²) in [7, 11) is 0. The van der Waals surface area contributed by atoms with Gasteiger partial charge in [-0.25, -0.2) is 0 Å². The van der Waals surface area contributed by atoms with E-state index >= 15 is 0 Å². The number of nitrogens with one attached hydrogen (secondary N) is 1. The van der Waals surface area contributed by atoms with Gasteiger partial charge in [-0.1, -0.05) is 0 Å². The first-order valence-corrected chi connectivity index (χ1v) is 7.87. The first-order valence-electron chi connectivity index (χ1n) is 5.99. The molecule has 2 N–H and O–H groups in total. The Kier molecular flexibility index (Phi) is 4.86. The molecule has 104 valence electrons. The Labute approximate surface area is 134 Å². The van der Waals surface area contributed by atoms with Crippen LogP contribution in [0.5, 0.6) is 0 Å². The maximum absolute atomic E-state index is 12.1. The third-order valence-corrected chi connectivity index (χ3v) is 4.75. The van der Waals surface area contributed by atoms with Gasteiger partial charge in [0.15, 0.2) is 0 Å². The van der Waals surface area contributed by atoms with Gasteiger partial charge < -0.3 is 15.2 Å². The SMILES string of the molecule is CC1OCCC1(O)CNC(=O)c1cc(I)ccc1Br. The van der Waals surface area contributed by atoms with E-state index in [2.05, 4.69) is 43.8 Å². The molecule has 1 aliphatic heterocycles. The van der Waals surface area contributed by atoms with Crippen molar-refractivity contribution in [2.24, 2.45) is 0 Å². The highest BCUT2D eigenvalue weighted by atomic mass is 127. The van der Waals surface area contributed by atoms with E-state index in [-0.39, 0.29) is 18.6 Å². The second kappa shape index (κ2) is 6.07. The molecule has 0 aromatic heterocycles. The van der Waals surface area contributed by atoms with Crippen LogP contribution in [0.25, 0.3) is 0 Å². The van der Waals surface area contributed by atoms with E-state index in [1.807, 2.05) is 19.1 Å². The molecule has 0 aliphatic carbocycles. The molecule has 0 bridgehead atoms. The van der Waals surface area contributed by atoms with Crippen LogP contribution < -0.4 is 5.32 Å². The van der Waals surface area contributed by atoms with Crippen molar-refractivity contribution in [1.29, 1.82) is 0 Å². The van der Waals surface area contributed by atoms with Crippen LogP contribution in [0, 0.1) is 3.57 Å². The Bertz CT molecular complexity index is 497. The average molecular weight is 440 g/mol. The summed E-state index contributed by atoms with van der Waals surface area (Å²) in [6.07, 6.45) is 0.286. The number of hydrogen-bond donors (Lipinski definition) is 2. The molecule has 19 heavy (non-hydrogen) atoms. The number of halogens is 2. The van der Waals surface area contributed by atoms with Gasteiger partial charge in [0, 0.05) is 27.6 Å². The van der Waals surface area contributed by atoms with Crippen molar-refractivity contribution >= 4 is 44.4 Å². The van der Waals surface area contributed by atoms with E-state index in [0.717, 1.165) is 8.04 Å². The molecule has 1 heterocycles. The summed E-state index contributed by atoms with van der Waals surface area (Å²) in [5.74, 6) is -0.196. The molecule has 2 atom stereocenters. The quantitative estimate of drug-likeness (QED) is 0.710. The number of carbonyl (C=O) groups excluding carboxylic acids is 1. The fraction of sp³-hybridized carbons (Fsp3) is 0.462. The summed E-state index contributed by atoms with van der Waals surface area (Å²) in [6.45, 7) is 2.55. The van der Waals surface area contributed by atoms with Gasteiger partial charge in [-0.05, 0) is 63.6 Å². The average Bonchev–Trinajstić information content (AvgIpc) is 2.70. The number of hydrogen-bond acceptors (Lipinski definition) is 3. The minimum atomic E-state index is -0.968. The zero-order valence-electron chi connectivity index (χ0n) is 10.5. The number of ether oxygens (including phenoxy) is 1. The molecule has 0 spiro atoms. The minimum absolute atomic E-state index is 0.196. The number of rotatable bonds is 3. The monoisotopic (exact) mass is 439 g/mol. The molecule has 1 saturated heterocycles. The van der Waals surface area contributed by atoms with Crippen LogP contribution in [0.2, 0.25) is 0 Å². The fourth-order valence-corrected chi connectivity index (χ4v) is 2.92. The maximum atomic E-state index is 12.1. The Balaban J connectivity index is 2.03. The molecule has 0 radical (unpaired) electrons. The lowest BCUT2D eigenvalue weighted by molar-refractivity contribution is -0.0251. The van der Waals surface area contributed by atoms with Crippen molar-refractivity contribution in [3.05, 3.63) is 31.8 Å². The highest BCUT2D eigenvalue weighted by molar-refractivity contribution is 14.1. The van der Waals surface area contributed by atoms with E-state index in [0.29, 0.717) is 18.6 Å². The molecule has 1 aromatic carbocycles. The van der Waals surface area contributed by atoms with E-state index in [4.69, 9.17) is 4.74 Å². The molecule has 4 nitrogen and oxygen atoms in total. The Hall–Kier alpha value is -0.180. The smallest absolute Gasteiger partial charge is 0.252 e. The van der Waals surface area contributed by atoms with Gasteiger partial charge in [0.1, 0.15) is 5.60 Å². The molecule has 1 fully saturated rings. The standard InChI is InChI=1S/C13H15BrINO3/c1-8-13(18,4-5-19-8)7-16-12(17)10-6-9(15)2-3-11(10)14/h2-3,6,8,18H,4-5,7H2,1H3,(H,16,17). The summed E-state index contributed by atoms with van der Waals surface area (Å²) in [5.41, 5.74) is -0.397. The van der Waals surface area contributed by atoms with E-state index in [9.17, 15) is 9.90 Å². The van der Waals surface area contributed by atoms with Crippen LogP contribution in [0.4, 0.5) is 0 Å². The van der Waals surface area contributed by atoms with Gasteiger partial charge in [0.25, 0.3) is 5.91 Å². The first kappa shape index (κ1) is 15.2. The molecule has 1 aromatic rings. The second-order valence-electron chi connectivity index (χ2n) is 4.67. The molecular weight excluding hydrogens is 425 g/mol. The van der Waals surface area contributed by atoms with Crippen molar-refractivity contribution in [3.63, 3.8) is 0 Å². The van der Waals surface area contributed by atoms with Crippen LogP contribution in [-0.4, -0.2) is 35.9 Å². The molecule has 0 saturated carbocycles. The Morgan fingerprint density at radius 3 is 3.05 bits per heavy atom. The van der Waals surface area contributed by atoms with Gasteiger partial charge in [0.05, 0.1) is 11.7 Å². The van der Waals surface area contributed by atoms with Crippen molar-refractivity contribution in [1.82, 2.24) is 5.32 Å². The molecule has 1 aliphatic rings. The molecular formula is C13H15BrINO3. The Morgan fingerprint density at radius 1 is 1.68 bits per heavy atom. The summed E-state index contributed by atoms with van der Waals surface area (Å²) in [4.78, 5) is 12.1. The second-order valence-corrected chi connectivity index (χ2v) is 6.77. The van der Waals surface area contributed by atoms with Gasteiger partial charge in [0.2, 0.25) is 0 Å². The lowest BCUT2D eigenvalue weighted by Gasteiger charge is -2.26. The molecule has 1 amide bonds. The third kappa shape index (κ3) is 3.48. The van der Waals surface area contributed by atoms with Crippen molar-refractivity contribution < 1.29 is 14.6 Å². The number of benzene rings is 1. The van der Waals surface area contributed by atoms with Gasteiger partial charge in [-0.2, -0.15) is 0 Å². The maximum Gasteiger partial charge on any atom is 0.252 e. The van der Waals surface area contributed by atoms with Crippen LogP contribution >= 0.6 is 38.5 Å². The van der Waals surface area contributed by atoms with Crippen LogP contribution in [0.15, 0.2) is 22.7 Å². The van der Waals surface area contributed by atoms with E-state index < -0.39 is 5.60 Å². The van der Waals surface area contributed by atoms with Crippen molar-refractivity contribution in [2.45, 2.75) is 25.0 Å². The van der Waals surface area contributed by atoms with E-state index in [1.54, 1.807) is 6.07 Å². The van der Waals surface area contributed by atoms with E-state index in [1.165, 1.54) is 0 Å². The number of aliphatic hydroxyl groups is 1. The van der Waals surface area contributed by atoms with Gasteiger partial charge in [-0.3, -0.25) is 4.79 Å². The lowest BCUT2D eigenvalue weighted by Crippen LogP contribution is -2.47.